The first-order valence-electron chi connectivity index (χ1n) is 11.8. The Labute approximate surface area is 198 Å². The third kappa shape index (κ3) is 17.5. The zero-order valence-corrected chi connectivity index (χ0v) is 23.4. The van der Waals surface area contributed by atoms with Gasteiger partial charge in [-0.2, -0.15) is 0 Å². The molecule has 3 N–H and O–H groups in total. The zero-order chi connectivity index (χ0) is 25.5. The molecule has 0 aliphatic heterocycles. The molecule has 0 aromatic rings. The van der Waals surface area contributed by atoms with Crippen molar-refractivity contribution in [2.75, 3.05) is 13.3 Å². The van der Waals surface area contributed by atoms with Gasteiger partial charge in [-0.3, -0.25) is 19.5 Å². The minimum absolute atomic E-state index is 0.0144. The van der Waals surface area contributed by atoms with Crippen molar-refractivity contribution in [3.05, 3.63) is 0 Å². The molecule has 0 aliphatic carbocycles. The van der Waals surface area contributed by atoms with Crippen LogP contribution in [0.3, 0.4) is 0 Å². The molecule has 0 spiro atoms. The second-order valence-electron chi connectivity index (χ2n) is 10.2. The molecule has 2 amide bonds. The summed E-state index contributed by atoms with van der Waals surface area (Å²) in [6, 6.07) is -1.01. The maximum absolute atomic E-state index is 12.6. The Balaban J connectivity index is 0. The molecule has 3 unspecified atom stereocenters. The summed E-state index contributed by atoms with van der Waals surface area (Å²) < 4.78 is 5.74. The van der Waals surface area contributed by atoms with E-state index in [1.54, 1.807) is 0 Å². The molecule has 32 heavy (non-hydrogen) atoms. The van der Waals surface area contributed by atoms with Gasteiger partial charge in [-0.25, -0.2) is 0 Å². The molecule has 0 aromatic heterocycles. The van der Waals surface area contributed by atoms with Crippen molar-refractivity contribution in [3.63, 3.8) is 0 Å². The number of ether oxygens (including phenoxy) is 1. The van der Waals surface area contributed by atoms with Gasteiger partial charge in [0.1, 0.15) is 0 Å². The molecule has 7 nitrogen and oxygen atoms in total. The lowest BCUT2D eigenvalue weighted by molar-refractivity contribution is -0.129. The van der Waals surface area contributed by atoms with Crippen LogP contribution >= 0.6 is 8.73 Å². The van der Waals surface area contributed by atoms with E-state index in [-0.39, 0.29) is 35.5 Å². The van der Waals surface area contributed by atoms with Crippen LogP contribution in [-0.4, -0.2) is 54.1 Å². The van der Waals surface area contributed by atoms with Crippen molar-refractivity contribution in [2.45, 2.75) is 118 Å². The van der Waals surface area contributed by atoms with Crippen molar-refractivity contribution >= 4 is 26.3 Å². The highest BCUT2D eigenvalue weighted by atomic mass is 31.1. The van der Waals surface area contributed by atoms with Gasteiger partial charge in [-0.05, 0) is 67.0 Å². The standard InChI is InChI=1S/C21H42N3O4P.C3H8/c1-14(2)18(15(3)25)22-19(27)16(24-29-9)10-11-17(26)23-21(7,8)12-13-28-20(4,5)6;1-3-2/h14,16,18,24,29H,10-13H2,1-9H3,(H,22,27)(H,23,26);3H2,1-2H3. The summed E-state index contributed by atoms with van der Waals surface area (Å²) >= 11 is 0. The number of Topliss-reactive ketones (excluding diaryl/α,β-unsaturated/α-hetero) is 1. The van der Waals surface area contributed by atoms with Gasteiger partial charge >= 0.3 is 0 Å². The molecule has 0 bridgehead atoms. The molecule has 0 heterocycles. The molecule has 0 rings (SSSR count). The average Bonchev–Trinajstić information content (AvgIpc) is 2.61. The van der Waals surface area contributed by atoms with Gasteiger partial charge in [-0.15, -0.1) is 0 Å². The summed E-state index contributed by atoms with van der Waals surface area (Å²) in [5.41, 5.74) is -0.599. The minimum Gasteiger partial charge on any atom is -0.376 e. The van der Waals surface area contributed by atoms with Crippen molar-refractivity contribution in [2.24, 2.45) is 5.92 Å². The fraction of sp³-hybridized carbons (Fsp3) is 0.875. The fourth-order valence-corrected chi connectivity index (χ4v) is 3.45. The van der Waals surface area contributed by atoms with Crippen LogP contribution in [0.1, 0.15) is 94.9 Å². The maximum Gasteiger partial charge on any atom is 0.238 e. The predicted molar refractivity (Wildman–Crippen MR) is 136 cm³/mol. The molecule has 0 aromatic carbocycles. The van der Waals surface area contributed by atoms with Crippen LogP contribution in [0.5, 0.6) is 0 Å². The Kier molecular flexibility index (Phi) is 17.1. The lowest BCUT2D eigenvalue weighted by Crippen LogP contribution is -2.50. The highest BCUT2D eigenvalue weighted by Gasteiger charge is 2.27. The van der Waals surface area contributed by atoms with Crippen molar-refractivity contribution < 1.29 is 19.1 Å². The summed E-state index contributed by atoms with van der Waals surface area (Å²) in [6.45, 7) is 22.0. The molecule has 3 atom stereocenters. The van der Waals surface area contributed by atoms with Crippen LogP contribution in [0.15, 0.2) is 0 Å². The summed E-state index contributed by atoms with van der Waals surface area (Å²) in [5, 5.41) is 8.99. The van der Waals surface area contributed by atoms with E-state index in [1.807, 2.05) is 55.1 Å². The Bertz CT molecular complexity index is 560. The highest BCUT2D eigenvalue weighted by Crippen LogP contribution is 2.14. The second kappa shape index (κ2) is 16.6. The molecule has 0 fully saturated rings. The molecule has 0 aliphatic rings. The third-order valence-corrected chi connectivity index (χ3v) is 5.07. The first-order chi connectivity index (χ1) is 14.6. The topological polar surface area (TPSA) is 96.5 Å². The average molecular weight is 476 g/mol. The number of rotatable bonds is 13. The summed E-state index contributed by atoms with van der Waals surface area (Å²) in [4.78, 5) is 36.8. The summed E-state index contributed by atoms with van der Waals surface area (Å²) in [6.07, 6.45) is 2.55. The molecular weight excluding hydrogens is 425 g/mol. The summed E-state index contributed by atoms with van der Waals surface area (Å²) in [7, 11) is 0.360. The first-order valence-corrected chi connectivity index (χ1v) is 13.3. The van der Waals surface area contributed by atoms with E-state index in [1.165, 1.54) is 13.3 Å². The zero-order valence-electron chi connectivity index (χ0n) is 22.4. The molecule has 190 valence electrons. The van der Waals surface area contributed by atoms with Crippen LogP contribution in [0.25, 0.3) is 0 Å². The third-order valence-electron chi connectivity index (χ3n) is 4.44. The van der Waals surface area contributed by atoms with Crippen LogP contribution < -0.4 is 15.7 Å². The Morgan fingerprint density at radius 1 is 1.03 bits per heavy atom. The van der Waals surface area contributed by atoms with Crippen molar-refractivity contribution in [1.82, 2.24) is 15.7 Å². The van der Waals surface area contributed by atoms with E-state index in [2.05, 4.69) is 29.6 Å². The maximum atomic E-state index is 12.6. The van der Waals surface area contributed by atoms with E-state index in [0.717, 1.165) is 0 Å². The molecule has 8 heteroatoms. The monoisotopic (exact) mass is 475 g/mol. The van der Waals surface area contributed by atoms with Gasteiger partial charge in [0.05, 0.1) is 17.7 Å². The van der Waals surface area contributed by atoms with Gasteiger partial charge in [0, 0.05) is 18.6 Å². The van der Waals surface area contributed by atoms with Crippen molar-refractivity contribution in [1.29, 1.82) is 0 Å². The Morgan fingerprint density at radius 3 is 1.97 bits per heavy atom. The second-order valence-corrected chi connectivity index (χ2v) is 11.0. The van der Waals surface area contributed by atoms with Crippen LogP contribution in [0.2, 0.25) is 0 Å². The predicted octanol–water partition coefficient (Wildman–Crippen LogP) is 4.19. The number of nitrogens with one attached hydrogen (secondary N) is 3. The SMILES string of the molecule is CCC.CPNC(CCC(=O)NC(C)(C)CCOC(C)(C)C)C(=O)NC(C(C)=O)C(C)C. The fourth-order valence-electron chi connectivity index (χ4n) is 2.82. The number of carbonyl (C=O) groups is 3. The number of carbonyl (C=O) groups excluding carboxylic acids is 3. The van der Waals surface area contributed by atoms with E-state index in [9.17, 15) is 14.4 Å². The van der Waals surface area contributed by atoms with Gasteiger partial charge in [0.2, 0.25) is 11.8 Å². The van der Waals surface area contributed by atoms with E-state index in [4.69, 9.17) is 4.74 Å². The lowest BCUT2D eigenvalue weighted by Gasteiger charge is -2.29. The number of hydrogen-bond acceptors (Lipinski definition) is 5. The molecule has 0 saturated heterocycles. The first kappa shape index (κ1) is 33.1. The summed E-state index contributed by atoms with van der Waals surface area (Å²) in [5.74, 6) is -0.390. The largest absolute Gasteiger partial charge is 0.376 e. The van der Waals surface area contributed by atoms with Crippen LogP contribution in [-0.2, 0) is 19.1 Å². The molecule has 0 saturated carbocycles. The highest BCUT2D eigenvalue weighted by molar-refractivity contribution is 7.34. The quantitative estimate of drug-likeness (QED) is 0.347. The van der Waals surface area contributed by atoms with Gasteiger partial charge in [0.25, 0.3) is 0 Å². The van der Waals surface area contributed by atoms with Gasteiger partial charge in [0.15, 0.2) is 5.78 Å². The van der Waals surface area contributed by atoms with Crippen molar-refractivity contribution in [3.8, 4) is 0 Å². The normalized spacial score (nSPS) is 14.0. The van der Waals surface area contributed by atoms with E-state index >= 15 is 0 Å². The van der Waals surface area contributed by atoms with Gasteiger partial charge < -0.3 is 15.4 Å². The Hall–Kier alpha value is -1.04. The number of ketones is 1. The van der Waals surface area contributed by atoms with Crippen LogP contribution in [0.4, 0.5) is 0 Å². The smallest absolute Gasteiger partial charge is 0.238 e. The van der Waals surface area contributed by atoms with Gasteiger partial charge in [-0.1, -0.05) is 42.8 Å². The van der Waals surface area contributed by atoms with E-state index in [0.29, 0.717) is 28.2 Å². The molecule has 0 radical (unpaired) electrons. The Morgan fingerprint density at radius 2 is 1.56 bits per heavy atom. The minimum atomic E-state index is -0.512. The van der Waals surface area contributed by atoms with Crippen LogP contribution in [0, 0.1) is 5.92 Å². The number of amides is 2. The molecular formula is C24H50N3O4P. The van der Waals surface area contributed by atoms with E-state index < -0.39 is 17.6 Å². The lowest BCUT2D eigenvalue weighted by atomic mass is 9.99. The number of hydrogen-bond donors (Lipinski definition) is 3.